The molecule has 0 aromatic heterocycles. The molecule has 0 spiro atoms. The lowest BCUT2D eigenvalue weighted by Crippen LogP contribution is -2.30. The van der Waals surface area contributed by atoms with Crippen LogP contribution in [-0.4, -0.2) is 40.6 Å². The highest BCUT2D eigenvalue weighted by Gasteiger charge is 2.16. The van der Waals surface area contributed by atoms with Gasteiger partial charge < -0.3 is 0 Å². The third-order valence-corrected chi connectivity index (χ3v) is 5.37. The van der Waals surface area contributed by atoms with Gasteiger partial charge in [0.15, 0.2) is 14.9 Å². The van der Waals surface area contributed by atoms with E-state index in [1.54, 1.807) is 0 Å². The molecule has 92 valence electrons. The van der Waals surface area contributed by atoms with Gasteiger partial charge in [0.2, 0.25) is 10.0 Å². The summed E-state index contributed by atoms with van der Waals surface area (Å²) in [6.07, 6.45) is 3.20. The average molecular weight is 278 g/mol. The molecule has 15 heavy (non-hydrogen) atoms. The smallest absolute Gasteiger partial charge is 0.226 e. The summed E-state index contributed by atoms with van der Waals surface area (Å²) in [6.45, 7) is 0.259. The van der Waals surface area contributed by atoms with Gasteiger partial charge in [0.05, 0.1) is 0 Å². The van der Waals surface area contributed by atoms with Gasteiger partial charge in [0.25, 0.3) is 0 Å². The first kappa shape index (κ1) is 15.2. The van der Waals surface area contributed by atoms with E-state index in [0.717, 1.165) is 19.1 Å². The average Bonchev–Trinajstić information content (AvgIpc) is 1.99. The molecule has 0 saturated carbocycles. The first-order chi connectivity index (χ1) is 6.77. The van der Waals surface area contributed by atoms with Crippen molar-refractivity contribution in [2.75, 3.05) is 23.8 Å². The summed E-state index contributed by atoms with van der Waals surface area (Å²) in [4.78, 5) is 0. The molecule has 0 radical (unpaired) electrons. The Morgan fingerprint density at radius 3 is 2.13 bits per heavy atom. The quantitative estimate of drug-likeness (QED) is 0.512. The number of halogens is 1. The van der Waals surface area contributed by atoms with Crippen LogP contribution in [0, 0.1) is 0 Å². The molecule has 0 fully saturated rings. The monoisotopic (exact) mass is 277 g/mol. The van der Waals surface area contributed by atoms with Gasteiger partial charge in [0, 0.05) is 18.7 Å². The molecule has 8 heteroatoms. The number of rotatable bonds is 8. The molecule has 5 nitrogen and oxygen atoms in total. The second-order valence-electron chi connectivity index (χ2n) is 3.30. The van der Waals surface area contributed by atoms with Crippen molar-refractivity contribution in [3.8, 4) is 0 Å². The number of sulfonamides is 1. The summed E-state index contributed by atoms with van der Waals surface area (Å²) in [7, 11) is -7.20. The van der Waals surface area contributed by atoms with Crippen LogP contribution in [0.4, 0.5) is 0 Å². The van der Waals surface area contributed by atoms with E-state index < -0.39 is 24.9 Å². The summed E-state index contributed by atoms with van der Waals surface area (Å²) in [5.41, 5.74) is 0. The topological polar surface area (TPSA) is 80.3 Å². The molecule has 0 aliphatic carbocycles. The zero-order chi connectivity index (χ0) is 11.9. The van der Waals surface area contributed by atoms with Gasteiger partial charge in [-0.05, 0) is 12.8 Å². The summed E-state index contributed by atoms with van der Waals surface area (Å²) in [6, 6.07) is 0. The van der Waals surface area contributed by atoms with Crippen molar-refractivity contribution < 1.29 is 16.8 Å². The normalized spacial score (nSPS) is 12.9. The van der Waals surface area contributed by atoms with Crippen LogP contribution in [0.3, 0.4) is 0 Å². The third kappa shape index (κ3) is 10.4. The molecular formula is C7H16ClNO4S2. The van der Waals surface area contributed by atoms with Crippen LogP contribution in [0.15, 0.2) is 0 Å². The fourth-order valence-corrected chi connectivity index (χ4v) is 4.18. The standard InChI is InChI=1S/C7H16ClNO4S2/c1-14(10,11)7-15(12,13)9-6-4-2-3-5-8/h9H,2-7H2,1H3. The zero-order valence-electron chi connectivity index (χ0n) is 8.57. The van der Waals surface area contributed by atoms with E-state index in [0.29, 0.717) is 12.3 Å². The van der Waals surface area contributed by atoms with Gasteiger partial charge in [0.1, 0.15) is 0 Å². The predicted octanol–water partition coefficient (Wildman–Crippen LogP) is 0.317. The lowest BCUT2D eigenvalue weighted by Gasteiger charge is -2.04. The van der Waals surface area contributed by atoms with Crippen molar-refractivity contribution in [2.45, 2.75) is 19.3 Å². The van der Waals surface area contributed by atoms with Crippen molar-refractivity contribution in [1.29, 1.82) is 0 Å². The van der Waals surface area contributed by atoms with Gasteiger partial charge in [-0.25, -0.2) is 21.6 Å². The van der Waals surface area contributed by atoms with Crippen LogP contribution in [0.25, 0.3) is 0 Å². The lowest BCUT2D eigenvalue weighted by molar-refractivity contribution is 0.576. The highest BCUT2D eigenvalue weighted by atomic mass is 35.5. The Hall–Kier alpha value is 0.150. The molecule has 0 bridgehead atoms. The summed E-state index contributed by atoms with van der Waals surface area (Å²) < 4.78 is 46.0. The van der Waals surface area contributed by atoms with Crippen molar-refractivity contribution >= 4 is 31.5 Å². The minimum Gasteiger partial charge on any atom is -0.228 e. The fourth-order valence-electron chi connectivity index (χ4n) is 0.947. The molecule has 1 N–H and O–H groups in total. The van der Waals surface area contributed by atoms with Crippen LogP contribution in [0.2, 0.25) is 0 Å². The second-order valence-corrected chi connectivity index (χ2v) is 7.99. The van der Waals surface area contributed by atoms with Crippen LogP contribution in [-0.2, 0) is 19.9 Å². The van der Waals surface area contributed by atoms with Crippen LogP contribution >= 0.6 is 11.6 Å². The Bertz CT molecular complexity index is 362. The third-order valence-electron chi connectivity index (χ3n) is 1.50. The Kier molecular flexibility index (Phi) is 6.74. The molecule has 0 amide bonds. The van der Waals surface area contributed by atoms with Crippen molar-refractivity contribution in [3.63, 3.8) is 0 Å². The van der Waals surface area contributed by atoms with Crippen LogP contribution in [0.5, 0.6) is 0 Å². The molecular weight excluding hydrogens is 262 g/mol. The Balaban J connectivity index is 3.86. The summed E-state index contributed by atoms with van der Waals surface area (Å²) >= 11 is 5.44. The van der Waals surface area contributed by atoms with E-state index in [4.69, 9.17) is 11.6 Å². The maximum absolute atomic E-state index is 11.2. The van der Waals surface area contributed by atoms with Crippen LogP contribution < -0.4 is 4.72 Å². The minimum atomic E-state index is -3.70. The molecule has 0 heterocycles. The Labute approximate surface area is 96.2 Å². The lowest BCUT2D eigenvalue weighted by atomic mass is 10.2. The number of sulfone groups is 1. The highest BCUT2D eigenvalue weighted by molar-refractivity contribution is 8.06. The number of alkyl halides is 1. The van der Waals surface area contributed by atoms with E-state index in [1.165, 1.54) is 0 Å². The van der Waals surface area contributed by atoms with Crippen molar-refractivity contribution in [2.24, 2.45) is 0 Å². The predicted molar refractivity (Wildman–Crippen MR) is 61.2 cm³/mol. The van der Waals surface area contributed by atoms with E-state index in [1.807, 2.05) is 0 Å². The second kappa shape index (κ2) is 6.67. The Morgan fingerprint density at radius 1 is 1.07 bits per heavy atom. The summed E-state index contributed by atoms with van der Waals surface area (Å²) in [5.74, 6) is 0.552. The van der Waals surface area contributed by atoms with E-state index in [9.17, 15) is 16.8 Å². The fraction of sp³-hybridized carbons (Fsp3) is 1.00. The zero-order valence-corrected chi connectivity index (χ0v) is 11.0. The minimum absolute atomic E-state index is 0.259. The van der Waals surface area contributed by atoms with E-state index >= 15 is 0 Å². The Morgan fingerprint density at radius 2 is 1.67 bits per heavy atom. The first-order valence-corrected chi connectivity index (χ1v) is 8.72. The molecule has 0 rings (SSSR count). The molecule has 0 aromatic rings. The molecule has 0 saturated heterocycles. The number of nitrogens with one attached hydrogen (secondary N) is 1. The van der Waals surface area contributed by atoms with E-state index in [2.05, 4.69) is 4.72 Å². The van der Waals surface area contributed by atoms with Gasteiger partial charge in [-0.1, -0.05) is 6.42 Å². The SMILES string of the molecule is CS(=O)(=O)CS(=O)(=O)NCCCCCCl. The number of hydrogen-bond acceptors (Lipinski definition) is 4. The maximum Gasteiger partial charge on any atom is 0.226 e. The van der Waals surface area contributed by atoms with Gasteiger partial charge in [-0.3, -0.25) is 0 Å². The first-order valence-electron chi connectivity index (χ1n) is 4.48. The van der Waals surface area contributed by atoms with Crippen LogP contribution in [0.1, 0.15) is 19.3 Å². The molecule has 0 aromatic carbocycles. The van der Waals surface area contributed by atoms with Crippen molar-refractivity contribution in [1.82, 2.24) is 4.72 Å². The van der Waals surface area contributed by atoms with Gasteiger partial charge in [-0.15, -0.1) is 11.6 Å². The van der Waals surface area contributed by atoms with Crippen molar-refractivity contribution in [3.05, 3.63) is 0 Å². The molecule has 0 aliphatic heterocycles. The number of hydrogen-bond donors (Lipinski definition) is 1. The largest absolute Gasteiger partial charge is 0.228 e. The summed E-state index contributed by atoms with van der Waals surface area (Å²) in [5, 5.41) is -0.852. The molecule has 0 atom stereocenters. The highest BCUT2D eigenvalue weighted by Crippen LogP contribution is 1.97. The molecule has 0 unspecified atom stereocenters. The number of unbranched alkanes of at least 4 members (excludes halogenated alkanes) is 2. The van der Waals surface area contributed by atoms with E-state index in [-0.39, 0.29) is 6.54 Å². The van der Waals surface area contributed by atoms with Gasteiger partial charge >= 0.3 is 0 Å². The maximum atomic E-state index is 11.2. The van der Waals surface area contributed by atoms with Gasteiger partial charge in [-0.2, -0.15) is 0 Å². The molecule has 0 aliphatic rings.